The Bertz CT molecular complexity index is 432. The number of aliphatic hydroxyl groups is 1. The molecule has 1 fully saturated rings. The molecule has 1 aromatic carbocycles. The molecular formula is C12H14BrNO4. The molecular weight excluding hydrogens is 302 g/mol. The predicted molar refractivity (Wildman–Crippen MR) is 69.3 cm³/mol. The van der Waals surface area contributed by atoms with Gasteiger partial charge in [0, 0.05) is 10.2 Å². The van der Waals surface area contributed by atoms with Crippen LogP contribution in [0.4, 0.5) is 5.69 Å². The van der Waals surface area contributed by atoms with Crippen LogP contribution in [0.1, 0.15) is 5.56 Å². The van der Waals surface area contributed by atoms with Crippen LogP contribution in [0.25, 0.3) is 0 Å². The van der Waals surface area contributed by atoms with E-state index in [0.29, 0.717) is 24.5 Å². The van der Waals surface area contributed by atoms with Gasteiger partial charge in [0.05, 0.1) is 26.4 Å². The molecule has 0 radical (unpaired) electrons. The summed E-state index contributed by atoms with van der Waals surface area (Å²) < 4.78 is 11.3. The molecule has 5 nitrogen and oxygen atoms in total. The molecule has 0 spiro atoms. The summed E-state index contributed by atoms with van der Waals surface area (Å²) in [6.45, 7) is 1.14. The van der Waals surface area contributed by atoms with Gasteiger partial charge in [-0.15, -0.1) is 0 Å². The summed E-state index contributed by atoms with van der Waals surface area (Å²) in [5.74, 6) is -0.235. The number of anilines is 1. The molecule has 1 atom stereocenters. The predicted octanol–water partition coefficient (Wildman–Crippen LogP) is 1.30. The van der Waals surface area contributed by atoms with E-state index in [-0.39, 0.29) is 19.1 Å². The second-order valence-electron chi connectivity index (χ2n) is 3.89. The maximum absolute atomic E-state index is 11.9. The molecule has 0 bridgehead atoms. The van der Waals surface area contributed by atoms with E-state index in [2.05, 4.69) is 21.2 Å². The number of aliphatic hydroxyl groups excluding tert-OH is 1. The molecule has 0 saturated carbocycles. The van der Waals surface area contributed by atoms with Gasteiger partial charge in [-0.25, -0.2) is 0 Å². The van der Waals surface area contributed by atoms with Crippen molar-refractivity contribution in [1.29, 1.82) is 0 Å². The number of nitrogens with one attached hydrogen (secondary N) is 1. The minimum absolute atomic E-state index is 0.0899. The summed E-state index contributed by atoms with van der Waals surface area (Å²) in [7, 11) is 0. The van der Waals surface area contributed by atoms with E-state index in [4.69, 9.17) is 14.6 Å². The van der Waals surface area contributed by atoms with Gasteiger partial charge in [0.2, 0.25) is 0 Å². The summed E-state index contributed by atoms with van der Waals surface area (Å²) >= 11 is 3.32. The highest BCUT2D eigenvalue weighted by molar-refractivity contribution is 9.10. The Morgan fingerprint density at radius 3 is 3.00 bits per heavy atom. The number of benzene rings is 1. The van der Waals surface area contributed by atoms with Gasteiger partial charge in [-0.3, -0.25) is 4.79 Å². The molecule has 1 amide bonds. The minimum atomic E-state index is -0.569. The van der Waals surface area contributed by atoms with Crippen molar-refractivity contribution in [2.45, 2.75) is 12.7 Å². The monoisotopic (exact) mass is 315 g/mol. The molecule has 2 rings (SSSR count). The average Bonchev–Trinajstić information content (AvgIpc) is 2.42. The van der Waals surface area contributed by atoms with Crippen LogP contribution in [0, 0.1) is 0 Å². The van der Waals surface area contributed by atoms with Crippen molar-refractivity contribution in [3.05, 3.63) is 28.2 Å². The molecule has 1 saturated heterocycles. The smallest absolute Gasteiger partial charge is 0.255 e. The molecule has 98 valence electrons. The first-order valence-electron chi connectivity index (χ1n) is 5.60. The third-order valence-corrected chi connectivity index (χ3v) is 3.37. The van der Waals surface area contributed by atoms with Crippen molar-refractivity contribution in [3.8, 4) is 0 Å². The van der Waals surface area contributed by atoms with Crippen LogP contribution in [-0.4, -0.2) is 36.9 Å². The molecule has 1 heterocycles. The van der Waals surface area contributed by atoms with Crippen LogP contribution >= 0.6 is 15.9 Å². The SMILES string of the molecule is O=C(Nc1ccc(Br)c(CO)c1)C1COCCO1. The zero-order valence-electron chi connectivity index (χ0n) is 9.69. The number of hydrogen-bond acceptors (Lipinski definition) is 4. The van der Waals surface area contributed by atoms with E-state index in [9.17, 15) is 4.79 Å². The topological polar surface area (TPSA) is 67.8 Å². The number of ether oxygens (including phenoxy) is 2. The summed E-state index contributed by atoms with van der Waals surface area (Å²) in [5, 5.41) is 11.9. The Labute approximate surface area is 113 Å². The molecule has 1 aliphatic rings. The number of carbonyl (C=O) groups excluding carboxylic acids is 1. The maximum Gasteiger partial charge on any atom is 0.255 e. The lowest BCUT2D eigenvalue weighted by Gasteiger charge is -2.22. The highest BCUT2D eigenvalue weighted by atomic mass is 79.9. The zero-order chi connectivity index (χ0) is 13.0. The standard InChI is InChI=1S/C12H14BrNO4/c13-10-2-1-9(5-8(10)6-15)14-12(16)11-7-17-3-4-18-11/h1-2,5,11,15H,3-4,6-7H2,(H,14,16). The zero-order valence-corrected chi connectivity index (χ0v) is 11.3. The summed E-state index contributed by atoms with van der Waals surface area (Å²) in [5.41, 5.74) is 1.34. The second kappa shape index (κ2) is 6.29. The summed E-state index contributed by atoms with van der Waals surface area (Å²) in [4.78, 5) is 11.9. The van der Waals surface area contributed by atoms with E-state index in [1.165, 1.54) is 0 Å². The minimum Gasteiger partial charge on any atom is -0.392 e. The lowest BCUT2D eigenvalue weighted by molar-refractivity contribution is -0.142. The first-order valence-corrected chi connectivity index (χ1v) is 6.39. The third-order valence-electron chi connectivity index (χ3n) is 2.59. The lowest BCUT2D eigenvalue weighted by atomic mass is 10.2. The van der Waals surface area contributed by atoms with E-state index in [1.54, 1.807) is 18.2 Å². The number of rotatable bonds is 3. The summed E-state index contributed by atoms with van der Waals surface area (Å²) in [6, 6.07) is 5.25. The molecule has 0 aliphatic carbocycles. The second-order valence-corrected chi connectivity index (χ2v) is 4.74. The normalized spacial score (nSPS) is 19.6. The maximum atomic E-state index is 11.9. The van der Waals surface area contributed by atoms with Crippen molar-refractivity contribution in [1.82, 2.24) is 0 Å². The lowest BCUT2D eigenvalue weighted by Crippen LogP contribution is -2.39. The first-order chi connectivity index (χ1) is 8.70. The highest BCUT2D eigenvalue weighted by Gasteiger charge is 2.22. The molecule has 2 N–H and O–H groups in total. The Balaban J connectivity index is 2.02. The van der Waals surface area contributed by atoms with Crippen LogP contribution in [0.5, 0.6) is 0 Å². The van der Waals surface area contributed by atoms with Gasteiger partial charge < -0.3 is 19.9 Å². The highest BCUT2D eigenvalue weighted by Crippen LogP contribution is 2.21. The van der Waals surface area contributed by atoms with Crippen molar-refractivity contribution in [2.24, 2.45) is 0 Å². The van der Waals surface area contributed by atoms with Gasteiger partial charge in [0.1, 0.15) is 0 Å². The fraction of sp³-hybridized carbons (Fsp3) is 0.417. The Kier molecular flexibility index (Phi) is 4.71. The molecule has 1 aliphatic heterocycles. The van der Waals surface area contributed by atoms with Crippen molar-refractivity contribution in [3.63, 3.8) is 0 Å². The van der Waals surface area contributed by atoms with Crippen LogP contribution in [0.15, 0.2) is 22.7 Å². The molecule has 1 unspecified atom stereocenters. The van der Waals surface area contributed by atoms with Crippen molar-refractivity contribution >= 4 is 27.5 Å². The number of halogens is 1. The number of carbonyl (C=O) groups is 1. The fourth-order valence-electron chi connectivity index (χ4n) is 1.64. The molecule has 0 aromatic heterocycles. The van der Waals surface area contributed by atoms with E-state index >= 15 is 0 Å². The van der Waals surface area contributed by atoms with Crippen LogP contribution in [0.2, 0.25) is 0 Å². The Morgan fingerprint density at radius 1 is 1.50 bits per heavy atom. The van der Waals surface area contributed by atoms with Gasteiger partial charge in [0.25, 0.3) is 5.91 Å². The fourth-order valence-corrected chi connectivity index (χ4v) is 2.01. The Hall–Kier alpha value is -0.950. The molecule has 18 heavy (non-hydrogen) atoms. The van der Waals surface area contributed by atoms with Crippen LogP contribution < -0.4 is 5.32 Å². The van der Waals surface area contributed by atoms with Gasteiger partial charge >= 0.3 is 0 Å². The number of amides is 1. The quantitative estimate of drug-likeness (QED) is 0.882. The first kappa shape index (κ1) is 13.5. The third kappa shape index (κ3) is 3.29. The molecule has 6 heteroatoms. The largest absolute Gasteiger partial charge is 0.392 e. The van der Waals surface area contributed by atoms with E-state index in [1.807, 2.05) is 0 Å². The van der Waals surface area contributed by atoms with E-state index in [0.717, 1.165) is 4.47 Å². The van der Waals surface area contributed by atoms with Gasteiger partial charge in [-0.2, -0.15) is 0 Å². The van der Waals surface area contributed by atoms with Crippen molar-refractivity contribution < 1.29 is 19.4 Å². The summed E-state index contributed by atoms with van der Waals surface area (Å²) in [6.07, 6.45) is -0.569. The average molecular weight is 316 g/mol. The van der Waals surface area contributed by atoms with Crippen LogP contribution in [0.3, 0.4) is 0 Å². The van der Waals surface area contributed by atoms with Crippen LogP contribution in [-0.2, 0) is 20.9 Å². The van der Waals surface area contributed by atoms with Gasteiger partial charge in [-0.05, 0) is 23.8 Å². The van der Waals surface area contributed by atoms with Gasteiger partial charge in [-0.1, -0.05) is 15.9 Å². The Morgan fingerprint density at radius 2 is 2.33 bits per heavy atom. The van der Waals surface area contributed by atoms with E-state index < -0.39 is 6.10 Å². The number of hydrogen-bond donors (Lipinski definition) is 2. The van der Waals surface area contributed by atoms with Gasteiger partial charge in [0.15, 0.2) is 6.10 Å². The molecule has 1 aromatic rings. The van der Waals surface area contributed by atoms with Crippen molar-refractivity contribution in [2.75, 3.05) is 25.1 Å².